The highest BCUT2D eigenvalue weighted by Gasteiger charge is 2.11. The van der Waals surface area contributed by atoms with Crippen molar-refractivity contribution in [2.24, 2.45) is 0 Å². The van der Waals surface area contributed by atoms with Crippen LogP contribution in [0.2, 0.25) is 0 Å². The summed E-state index contributed by atoms with van der Waals surface area (Å²) in [5.74, 6) is 0.903. The third kappa shape index (κ3) is 2.50. The number of rotatable bonds is 3. The van der Waals surface area contributed by atoms with Gasteiger partial charge < -0.3 is 9.72 Å². The van der Waals surface area contributed by atoms with Crippen molar-refractivity contribution in [3.8, 4) is 0 Å². The molecule has 0 saturated carbocycles. The number of hydrogen-bond donors (Lipinski definition) is 1. The Labute approximate surface area is 123 Å². The molecule has 108 valence electrons. The molecule has 1 aromatic carbocycles. The molecular weight excluding hydrogens is 264 g/mol. The molecule has 0 unspecified atom stereocenters. The zero-order valence-electron chi connectivity index (χ0n) is 11.9. The molecule has 0 aliphatic carbocycles. The van der Waals surface area contributed by atoms with Gasteiger partial charge in [0.2, 0.25) is 0 Å². The fraction of sp³-hybridized carbons (Fsp3) is 0.375. The number of nitrogens with zero attached hydrogens (tertiary/aromatic N) is 3. The van der Waals surface area contributed by atoms with Gasteiger partial charge in [-0.2, -0.15) is 0 Å². The van der Waals surface area contributed by atoms with Gasteiger partial charge in [0, 0.05) is 48.5 Å². The number of H-pyrrole nitrogens is 1. The molecule has 0 bridgehead atoms. The Morgan fingerprint density at radius 3 is 2.90 bits per heavy atom. The van der Waals surface area contributed by atoms with Crippen molar-refractivity contribution in [3.63, 3.8) is 0 Å². The Bertz CT molecular complexity index is 761. The Morgan fingerprint density at radius 1 is 1.14 bits per heavy atom. The van der Waals surface area contributed by atoms with E-state index in [0.717, 1.165) is 61.6 Å². The minimum Gasteiger partial charge on any atom is -0.379 e. The van der Waals surface area contributed by atoms with Gasteiger partial charge in [0.15, 0.2) is 0 Å². The number of aromatic amines is 1. The van der Waals surface area contributed by atoms with Crippen LogP contribution in [0.25, 0.3) is 21.9 Å². The van der Waals surface area contributed by atoms with E-state index in [0.29, 0.717) is 0 Å². The van der Waals surface area contributed by atoms with E-state index >= 15 is 0 Å². The lowest BCUT2D eigenvalue weighted by molar-refractivity contribution is 0.0382. The predicted octanol–water partition coefficient (Wildman–Crippen LogP) is 1.99. The van der Waals surface area contributed by atoms with Crippen LogP contribution in [0.3, 0.4) is 0 Å². The first-order chi connectivity index (χ1) is 10.4. The van der Waals surface area contributed by atoms with Crippen molar-refractivity contribution in [2.75, 3.05) is 32.8 Å². The maximum Gasteiger partial charge on any atom is 0.142 e. The van der Waals surface area contributed by atoms with Crippen LogP contribution in [0.15, 0.2) is 30.5 Å². The van der Waals surface area contributed by atoms with E-state index < -0.39 is 0 Å². The molecule has 0 radical (unpaired) electrons. The van der Waals surface area contributed by atoms with Gasteiger partial charge in [0.05, 0.1) is 13.2 Å². The van der Waals surface area contributed by atoms with Gasteiger partial charge in [-0.05, 0) is 6.07 Å². The first kappa shape index (κ1) is 12.7. The van der Waals surface area contributed by atoms with Gasteiger partial charge in [-0.15, -0.1) is 0 Å². The SMILES string of the molecule is c1ccc2c(c1)[nH]c1nc(CCN3CCOCC3)ncc12. The lowest BCUT2D eigenvalue weighted by Gasteiger charge is -2.26. The first-order valence-electron chi connectivity index (χ1n) is 7.42. The van der Waals surface area contributed by atoms with Crippen molar-refractivity contribution in [3.05, 3.63) is 36.3 Å². The highest BCUT2D eigenvalue weighted by Crippen LogP contribution is 2.22. The third-order valence-electron chi connectivity index (χ3n) is 4.06. The van der Waals surface area contributed by atoms with Gasteiger partial charge in [-0.3, -0.25) is 4.90 Å². The molecule has 0 atom stereocenters. The molecule has 2 aromatic heterocycles. The Kier molecular flexibility index (Phi) is 3.29. The number of hydrogen-bond acceptors (Lipinski definition) is 4. The summed E-state index contributed by atoms with van der Waals surface area (Å²) in [5.41, 5.74) is 2.05. The first-order valence-corrected chi connectivity index (χ1v) is 7.42. The molecule has 0 amide bonds. The molecule has 5 heteroatoms. The number of fused-ring (bicyclic) bond motifs is 3. The molecule has 1 fully saturated rings. The summed E-state index contributed by atoms with van der Waals surface area (Å²) in [6, 6.07) is 8.25. The fourth-order valence-corrected chi connectivity index (χ4v) is 2.87. The normalized spacial score (nSPS) is 16.8. The summed E-state index contributed by atoms with van der Waals surface area (Å²) in [4.78, 5) is 15.0. The van der Waals surface area contributed by atoms with Gasteiger partial charge >= 0.3 is 0 Å². The molecular formula is C16H18N4O. The fourth-order valence-electron chi connectivity index (χ4n) is 2.87. The largest absolute Gasteiger partial charge is 0.379 e. The van der Waals surface area contributed by atoms with Crippen LogP contribution in [0.5, 0.6) is 0 Å². The topological polar surface area (TPSA) is 54.0 Å². The Balaban J connectivity index is 1.57. The van der Waals surface area contributed by atoms with E-state index in [2.05, 4.69) is 32.0 Å². The van der Waals surface area contributed by atoms with E-state index in [-0.39, 0.29) is 0 Å². The van der Waals surface area contributed by atoms with E-state index in [4.69, 9.17) is 4.74 Å². The zero-order chi connectivity index (χ0) is 14.1. The predicted molar refractivity (Wildman–Crippen MR) is 82.4 cm³/mol. The van der Waals surface area contributed by atoms with Crippen molar-refractivity contribution in [1.29, 1.82) is 0 Å². The average Bonchev–Trinajstić information content (AvgIpc) is 2.91. The summed E-state index contributed by atoms with van der Waals surface area (Å²) in [7, 11) is 0. The van der Waals surface area contributed by atoms with Crippen LogP contribution in [0, 0.1) is 0 Å². The maximum absolute atomic E-state index is 5.37. The molecule has 3 heterocycles. The van der Waals surface area contributed by atoms with Crippen molar-refractivity contribution in [1.82, 2.24) is 19.9 Å². The monoisotopic (exact) mass is 282 g/mol. The third-order valence-corrected chi connectivity index (χ3v) is 4.06. The van der Waals surface area contributed by atoms with Crippen LogP contribution in [-0.2, 0) is 11.2 Å². The molecule has 1 N–H and O–H groups in total. The Hall–Kier alpha value is -1.98. The average molecular weight is 282 g/mol. The Morgan fingerprint density at radius 2 is 2.00 bits per heavy atom. The van der Waals surface area contributed by atoms with Crippen LogP contribution < -0.4 is 0 Å². The quantitative estimate of drug-likeness (QED) is 0.798. The lowest BCUT2D eigenvalue weighted by Crippen LogP contribution is -2.37. The number of aromatic nitrogens is 3. The number of nitrogens with one attached hydrogen (secondary N) is 1. The molecule has 1 saturated heterocycles. The second-order valence-electron chi connectivity index (χ2n) is 5.42. The van der Waals surface area contributed by atoms with Gasteiger partial charge in [-0.1, -0.05) is 18.2 Å². The van der Waals surface area contributed by atoms with Crippen LogP contribution in [0.1, 0.15) is 5.82 Å². The summed E-state index contributed by atoms with van der Waals surface area (Å²) in [5, 5.41) is 2.29. The van der Waals surface area contributed by atoms with E-state index in [1.807, 2.05) is 18.3 Å². The van der Waals surface area contributed by atoms with E-state index in [9.17, 15) is 0 Å². The summed E-state index contributed by atoms with van der Waals surface area (Å²) in [6.07, 6.45) is 2.82. The summed E-state index contributed by atoms with van der Waals surface area (Å²) < 4.78 is 5.37. The number of ether oxygens (including phenoxy) is 1. The van der Waals surface area contributed by atoms with Gasteiger partial charge in [-0.25, -0.2) is 9.97 Å². The molecule has 1 aliphatic rings. The summed E-state index contributed by atoms with van der Waals surface area (Å²) >= 11 is 0. The van der Waals surface area contributed by atoms with Gasteiger partial charge in [0.25, 0.3) is 0 Å². The molecule has 4 rings (SSSR count). The van der Waals surface area contributed by atoms with Crippen LogP contribution in [-0.4, -0.2) is 52.7 Å². The number of para-hydroxylation sites is 1. The smallest absolute Gasteiger partial charge is 0.142 e. The van der Waals surface area contributed by atoms with Crippen LogP contribution in [0.4, 0.5) is 0 Å². The number of morpholine rings is 1. The molecule has 21 heavy (non-hydrogen) atoms. The summed E-state index contributed by atoms with van der Waals surface area (Å²) in [6.45, 7) is 4.68. The highest BCUT2D eigenvalue weighted by molar-refractivity contribution is 6.05. The van der Waals surface area contributed by atoms with Gasteiger partial charge in [0.1, 0.15) is 11.5 Å². The van der Waals surface area contributed by atoms with Crippen molar-refractivity contribution in [2.45, 2.75) is 6.42 Å². The number of benzene rings is 1. The lowest BCUT2D eigenvalue weighted by atomic mass is 10.2. The second kappa shape index (κ2) is 5.42. The van der Waals surface area contributed by atoms with Crippen molar-refractivity contribution < 1.29 is 4.74 Å². The molecule has 5 nitrogen and oxygen atoms in total. The standard InChI is InChI=1S/C16H18N4O/c1-2-4-14-12(3-1)13-11-17-15(19-16(13)18-14)5-6-20-7-9-21-10-8-20/h1-4,11H,5-10H2,(H,17,18,19). The minimum absolute atomic E-state index is 0.835. The van der Waals surface area contributed by atoms with Crippen LogP contribution >= 0.6 is 0 Å². The maximum atomic E-state index is 5.37. The van der Waals surface area contributed by atoms with Crippen molar-refractivity contribution >= 4 is 21.9 Å². The highest BCUT2D eigenvalue weighted by atomic mass is 16.5. The van der Waals surface area contributed by atoms with E-state index in [1.54, 1.807) is 0 Å². The molecule has 1 aliphatic heterocycles. The molecule has 3 aromatic rings. The second-order valence-corrected chi connectivity index (χ2v) is 5.42. The molecule has 0 spiro atoms. The van der Waals surface area contributed by atoms with E-state index in [1.165, 1.54) is 5.39 Å². The zero-order valence-corrected chi connectivity index (χ0v) is 11.9. The minimum atomic E-state index is 0.835.